The van der Waals surface area contributed by atoms with Crippen LogP contribution >= 0.6 is 0 Å². The number of amides is 1. The lowest BCUT2D eigenvalue weighted by Crippen LogP contribution is -2.26. The van der Waals surface area contributed by atoms with Gasteiger partial charge in [0.1, 0.15) is 0 Å². The van der Waals surface area contributed by atoms with E-state index in [2.05, 4.69) is 5.32 Å². The Morgan fingerprint density at radius 3 is 2.27 bits per heavy atom. The van der Waals surface area contributed by atoms with Gasteiger partial charge in [-0.2, -0.15) is 13.2 Å². The maximum absolute atomic E-state index is 13.4. The van der Waals surface area contributed by atoms with E-state index in [1.165, 1.54) is 19.2 Å². The molecule has 5 nitrogen and oxygen atoms in total. The first kappa shape index (κ1) is 26.0. The van der Waals surface area contributed by atoms with Crippen molar-refractivity contribution in [1.82, 2.24) is 9.88 Å². The Kier molecular flexibility index (Phi) is 7.38. The average Bonchev–Trinajstić information content (AvgIpc) is 3.28. The van der Waals surface area contributed by atoms with Gasteiger partial charge >= 0.3 is 12.1 Å². The number of carbonyl (C=O) groups excluding carboxylic acids is 2. The summed E-state index contributed by atoms with van der Waals surface area (Å²) in [6.45, 7) is 4.49. The van der Waals surface area contributed by atoms with Gasteiger partial charge in [0.25, 0.3) is 5.91 Å². The molecule has 1 amide bonds. The van der Waals surface area contributed by atoms with E-state index in [0.717, 1.165) is 39.7 Å². The zero-order valence-corrected chi connectivity index (χ0v) is 20.7. The zero-order valence-electron chi connectivity index (χ0n) is 20.7. The van der Waals surface area contributed by atoms with Gasteiger partial charge < -0.3 is 14.6 Å². The first-order valence-corrected chi connectivity index (χ1v) is 11.9. The SMILES string of the molecule is CCn1cc(C(=O)NC(C)c2ccc(C(=O)OC)cc2)c2c(Cc3ccc(C(F)(F)F)cc3)cccc21. The van der Waals surface area contributed by atoms with E-state index in [0.29, 0.717) is 24.1 Å². The molecule has 192 valence electrons. The predicted octanol–water partition coefficient (Wildman–Crippen LogP) is 6.55. The number of aromatic nitrogens is 1. The summed E-state index contributed by atoms with van der Waals surface area (Å²) in [6, 6.07) is 17.3. The predicted molar refractivity (Wildman–Crippen MR) is 136 cm³/mol. The standard InChI is InChI=1S/C29H27F3N2O3/c1-4-34-17-24(27(35)33-18(2)20-10-12-21(13-11-20)28(36)37-3)26-22(6-5-7-25(26)34)16-19-8-14-23(15-9-19)29(30,31)32/h5-15,17-18H,4,16H2,1-3H3,(H,33,35). The second-order valence-corrected chi connectivity index (χ2v) is 8.82. The third-order valence-corrected chi connectivity index (χ3v) is 6.43. The van der Waals surface area contributed by atoms with Crippen LogP contribution in [-0.4, -0.2) is 23.6 Å². The molecule has 1 N–H and O–H groups in total. The average molecular weight is 509 g/mol. The van der Waals surface area contributed by atoms with Gasteiger partial charge in [0.15, 0.2) is 0 Å². The van der Waals surface area contributed by atoms with Crippen LogP contribution < -0.4 is 5.32 Å². The van der Waals surface area contributed by atoms with Crippen molar-refractivity contribution in [2.75, 3.05) is 7.11 Å². The van der Waals surface area contributed by atoms with Crippen molar-refractivity contribution in [2.45, 2.75) is 39.0 Å². The van der Waals surface area contributed by atoms with Gasteiger partial charge in [-0.1, -0.05) is 36.4 Å². The summed E-state index contributed by atoms with van der Waals surface area (Å²) in [6.07, 6.45) is -2.20. The Morgan fingerprint density at radius 2 is 1.68 bits per heavy atom. The Labute approximate surface area is 212 Å². The zero-order chi connectivity index (χ0) is 26.7. The second kappa shape index (κ2) is 10.5. The van der Waals surface area contributed by atoms with Crippen molar-refractivity contribution < 1.29 is 27.5 Å². The number of aryl methyl sites for hydroxylation is 1. The number of alkyl halides is 3. The number of halogens is 3. The molecule has 0 saturated carbocycles. The lowest BCUT2D eigenvalue weighted by molar-refractivity contribution is -0.137. The highest BCUT2D eigenvalue weighted by Crippen LogP contribution is 2.31. The molecule has 1 aromatic heterocycles. The van der Waals surface area contributed by atoms with Crippen molar-refractivity contribution in [1.29, 1.82) is 0 Å². The van der Waals surface area contributed by atoms with E-state index in [-0.39, 0.29) is 11.9 Å². The molecule has 1 heterocycles. The van der Waals surface area contributed by atoms with E-state index < -0.39 is 17.7 Å². The highest BCUT2D eigenvalue weighted by Gasteiger charge is 2.30. The summed E-state index contributed by atoms with van der Waals surface area (Å²) >= 11 is 0. The number of carbonyl (C=O) groups is 2. The fourth-order valence-electron chi connectivity index (χ4n) is 4.42. The maximum Gasteiger partial charge on any atom is 0.416 e. The summed E-state index contributed by atoms with van der Waals surface area (Å²) < 4.78 is 45.6. The van der Waals surface area contributed by atoms with E-state index in [4.69, 9.17) is 4.74 Å². The van der Waals surface area contributed by atoms with E-state index in [9.17, 15) is 22.8 Å². The highest BCUT2D eigenvalue weighted by atomic mass is 19.4. The van der Waals surface area contributed by atoms with E-state index >= 15 is 0 Å². The fourth-order valence-corrected chi connectivity index (χ4v) is 4.42. The van der Waals surface area contributed by atoms with Gasteiger partial charge in [-0.25, -0.2) is 4.79 Å². The number of nitrogens with zero attached hydrogens (tertiary/aromatic N) is 1. The topological polar surface area (TPSA) is 60.3 Å². The highest BCUT2D eigenvalue weighted by molar-refractivity contribution is 6.08. The monoisotopic (exact) mass is 508 g/mol. The molecule has 0 fully saturated rings. The molecule has 0 aliphatic carbocycles. The van der Waals surface area contributed by atoms with Crippen molar-refractivity contribution in [3.05, 3.63) is 106 Å². The molecule has 4 aromatic rings. The van der Waals surface area contributed by atoms with Crippen LogP contribution in [0.5, 0.6) is 0 Å². The Bertz CT molecular complexity index is 1420. The molecule has 37 heavy (non-hydrogen) atoms. The number of hydrogen-bond acceptors (Lipinski definition) is 3. The minimum atomic E-state index is -4.39. The van der Waals surface area contributed by atoms with Crippen molar-refractivity contribution in [3.63, 3.8) is 0 Å². The van der Waals surface area contributed by atoms with E-state index in [1.807, 2.05) is 42.8 Å². The molecular formula is C29H27F3N2O3. The van der Waals surface area contributed by atoms with Gasteiger partial charge in [0, 0.05) is 23.6 Å². The molecule has 0 aliphatic rings. The largest absolute Gasteiger partial charge is 0.465 e. The summed E-state index contributed by atoms with van der Waals surface area (Å²) in [5.41, 5.74) is 3.50. The summed E-state index contributed by atoms with van der Waals surface area (Å²) in [4.78, 5) is 25.1. The third-order valence-electron chi connectivity index (χ3n) is 6.43. The number of esters is 1. The number of hydrogen-bond donors (Lipinski definition) is 1. The lowest BCUT2D eigenvalue weighted by atomic mass is 9.98. The number of methoxy groups -OCH3 is 1. The second-order valence-electron chi connectivity index (χ2n) is 8.82. The third kappa shape index (κ3) is 5.53. The van der Waals surface area contributed by atoms with Gasteiger partial charge in [0.05, 0.1) is 29.8 Å². The van der Waals surface area contributed by atoms with Crippen molar-refractivity contribution in [2.24, 2.45) is 0 Å². The summed E-state index contributed by atoms with van der Waals surface area (Å²) in [5, 5.41) is 3.80. The molecule has 8 heteroatoms. The van der Waals surface area contributed by atoms with E-state index in [1.54, 1.807) is 24.3 Å². The first-order chi connectivity index (χ1) is 17.6. The van der Waals surface area contributed by atoms with Crippen molar-refractivity contribution >= 4 is 22.8 Å². The number of rotatable bonds is 7. The summed E-state index contributed by atoms with van der Waals surface area (Å²) in [7, 11) is 1.32. The summed E-state index contributed by atoms with van der Waals surface area (Å²) in [5.74, 6) is -0.696. The minimum absolute atomic E-state index is 0.262. The molecule has 0 aliphatic heterocycles. The Balaban J connectivity index is 1.63. The molecule has 4 rings (SSSR count). The number of nitrogens with one attached hydrogen (secondary N) is 1. The van der Waals surface area contributed by atoms with Crippen LogP contribution in [0.1, 0.15) is 62.9 Å². The smallest absolute Gasteiger partial charge is 0.416 e. The van der Waals surface area contributed by atoms with Crippen LogP contribution in [0.2, 0.25) is 0 Å². The molecule has 1 unspecified atom stereocenters. The number of benzene rings is 3. The van der Waals surface area contributed by atoms with Gasteiger partial charge in [-0.05, 0) is 67.3 Å². The molecular weight excluding hydrogens is 481 g/mol. The van der Waals surface area contributed by atoms with Crippen LogP contribution in [0.15, 0.2) is 72.9 Å². The maximum atomic E-state index is 13.4. The normalized spacial score (nSPS) is 12.4. The van der Waals surface area contributed by atoms with Crippen LogP contribution in [0.3, 0.4) is 0 Å². The molecule has 0 bridgehead atoms. The van der Waals surface area contributed by atoms with Crippen molar-refractivity contribution in [3.8, 4) is 0 Å². The Hall–Kier alpha value is -4.07. The molecule has 0 saturated heterocycles. The van der Waals surface area contributed by atoms with Gasteiger partial charge in [0.2, 0.25) is 0 Å². The molecule has 3 aromatic carbocycles. The quantitative estimate of drug-likeness (QED) is 0.288. The van der Waals surface area contributed by atoms with Crippen LogP contribution in [0.25, 0.3) is 10.9 Å². The fraction of sp³-hybridized carbons (Fsp3) is 0.241. The van der Waals surface area contributed by atoms with Crippen LogP contribution in [0, 0.1) is 0 Å². The number of fused-ring (bicyclic) bond motifs is 1. The lowest BCUT2D eigenvalue weighted by Gasteiger charge is -2.15. The van der Waals surface area contributed by atoms with Gasteiger partial charge in [-0.3, -0.25) is 4.79 Å². The van der Waals surface area contributed by atoms with Crippen LogP contribution in [0.4, 0.5) is 13.2 Å². The van der Waals surface area contributed by atoms with Gasteiger partial charge in [-0.15, -0.1) is 0 Å². The molecule has 0 radical (unpaired) electrons. The minimum Gasteiger partial charge on any atom is -0.465 e. The Morgan fingerprint density at radius 1 is 1.00 bits per heavy atom. The number of ether oxygens (including phenoxy) is 1. The molecule has 0 spiro atoms. The first-order valence-electron chi connectivity index (χ1n) is 11.9. The molecule has 1 atom stereocenters. The van der Waals surface area contributed by atoms with Crippen LogP contribution in [-0.2, 0) is 23.9 Å².